The quantitative estimate of drug-likeness (QED) is 0.488. The molecule has 1 aliphatic rings. The van der Waals surface area contributed by atoms with Crippen molar-refractivity contribution < 1.29 is 24.2 Å². The zero-order valence-electron chi connectivity index (χ0n) is 18.9. The van der Waals surface area contributed by atoms with Gasteiger partial charge in [0.15, 0.2) is 11.4 Å². The molecule has 0 amide bonds. The van der Waals surface area contributed by atoms with Gasteiger partial charge in [0, 0.05) is 5.02 Å². The molecule has 1 aromatic heterocycles. The predicted molar refractivity (Wildman–Crippen MR) is 131 cm³/mol. The average molecular weight is 513 g/mol. The van der Waals surface area contributed by atoms with Crippen molar-refractivity contribution in [3.8, 4) is 5.75 Å². The van der Waals surface area contributed by atoms with E-state index < -0.39 is 24.6 Å². The second-order valence-electron chi connectivity index (χ2n) is 7.61. The third-order valence-corrected chi connectivity index (χ3v) is 6.48. The van der Waals surface area contributed by atoms with Crippen LogP contribution in [0.3, 0.4) is 0 Å². The molecule has 0 radical (unpaired) electrons. The maximum Gasteiger partial charge on any atom is 0.341 e. The number of ether oxygens (including phenoxy) is 2. The van der Waals surface area contributed by atoms with E-state index in [0.29, 0.717) is 36.9 Å². The predicted octanol–water partition coefficient (Wildman–Crippen LogP) is 2.92. The van der Waals surface area contributed by atoms with Crippen LogP contribution in [0.4, 0.5) is 0 Å². The van der Waals surface area contributed by atoms with Crippen LogP contribution in [0.2, 0.25) is 5.02 Å². The Balaban J connectivity index is 1.81. The minimum atomic E-state index is -1.07. The topological polar surface area (TPSA) is 107 Å². The number of carboxylic acid groups (broad SMARTS) is 1. The second kappa shape index (κ2) is 10.3. The van der Waals surface area contributed by atoms with Crippen LogP contribution in [0.5, 0.6) is 5.75 Å². The van der Waals surface area contributed by atoms with Gasteiger partial charge in [-0.1, -0.05) is 47.2 Å². The zero-order chi connectivity index (χ0) is 25.1. The van der Waals surface area contributed by atoms with Gasteiger partial charge in [0.05, 0.1) is 28.5 Å². The molecule has 0 spiro atoms. The van der Waals surface area contributed by atoms with Crippen molar-refractivity contribution in [3.05, 3.63) is 95.6 Å². The van der Waals surface area contributed by atoms with E-state index in [-0.39, 0.29) is 12.2 Å². The lowest BCUT2D eigenvalue weighted by atomic mass is 9.96. The van der Waals surface area contributed by atoms with E-state index in [4.69, 9.17) is 26.2 Å². The Morgan fingerprint density at radius 2 is 1.86 bits per heavy atom. The lowest BCUT2D eigenvalue weighted by molar-refractivity contribution is -0.140. The Hall–Kier alpha value is -3.69. The van der Waals surface area contributed by atoms with Gasteiger partial charge in [0.1, 0.15) is 5.75 Å². The van der Waals surface area contributed by atoms with Crippen LogP contribution < -0.4 is 19.6 Å². The average Bonchev–Trinajstić information content (AvgIpc) is 3.12. The molecule has 3 aromatic rings. The first kappa shape index (κ1) is 24.4. The van der Waals surface area contributed by atoms with Crippen LogP contribution in [0.1, 0.15) is 31.0 Å². The van der Waals surface area contributed by atoms with E-state index in [2.05, 4.69) is 4.99 Å². The first-order chi connectivity index (χ1) is 16.8. The number of carbonyl (C=O) groups is 2. The molecule has 180 valence electrons. The van der Waals surface area contributed by atoms with Gasteiger partial charge in [0.2, 0.25) is 0 Å². The zero-order valence-corrected chi connectivity index (χ0v) is 20.4. The Morgan fingerprint density at radius 1 is 1.17 bits per heavy atom. The molecule has 0 unspecified atom stereocenters. The van der Waals surface area contributed by atoms with E-state index in [1.54, 1.807) is 68.5 Å². The number of allylic oxidation sites excluding steroid dienone is 1. The summed E-state index contributed by atoms with van der Waals surface area (Å²) in [6.45, 7) is 3.20. The number of hydrogen-bond donors (Lipinski definition) is 1. The van der Waals surface area contributed by atoms with Crippen molar-refractivity contribution in [1.82, 2.24) is 4.57 Å². The summed E-state index contributed by atoms with van der Waals surface area (Å²) >= 11 is 7.28. The number of carboxylic acids is 1. The Labute approximate surface area is 209 Å². The molecule has 1 N–H and O–H groups in total. The van der Waals surface area contributed by atoms with Gasteiger partial charge in [-0.15, -0.1) is 0 Å². The number of halogens is 1. The highest BCUT2D eigenvalue weighted by atomic mass is 35.5. The second-order valence-corrected chi connectivity index (χ2v) is 9.05. The number of rotatable bonds is 7. The van der Waals surface area contributed by atoms with E-state index in [0.717, 1.165) is 5.56 Å². The number of carbonyl (C=O) groups excluding carboxylic acids is 1. The van der Waals surface area contributed by atoms with Crippen molar-refractivity contribution in [1.29, 1.82) is 0 Å². The van der Waals surface area contributed by atoms with Crippen LogP contribution in [-0.4, -0.2) is 34.8 Å². The number of nitrogens with zero attached hydrogens (tertiary/aromatic N) is 2. The molecule has 0 aliphatic carbocycles. The number of aliphatic carboxylic acids is 1. The van der Waals surface area contributed by atoms with Crippen LogP contribution in [0.25, 0.3) is 6.08 Å². The molecule has 2 heterocycles. The summed E-state index contributed by atoms with van der Waals surface area (Å²) in [5.41, 5.74) is 1.92. The third kappa shape index (κ3) is 5.21. The number of aromatic nitrogens is 1. The molecule has 0 fully saturated rings. The smallest absolute Gasteiger partial charge is 0.341 e. The van der Waals surface area contributed by atoms with Gasteiger partial charge in [-0.2, -0.15) is 0 Å². The van der Waals surface area contributed by atoms with Crippen molar-refractivity contribution in [3.63, 3.8) is 0 Å². The highest BCUT2D eigenvalue weighted by molar-refractivity contribution is 7.07. The van der Waals surface area contributed by atoms with Gasteiger partial charge >= 0.3 is 11.9 Å². The normalized spacial score (nSPS) is 15.4. The van der Waals surface area contributed by atoms with Gasteiger partial charge < -0.3 is 14.6 Å². The monoisotopic (exact) mass is 512 g/mol. The van der Waals surface area contributed by atoms with Crippen molar-refractivity contribution in [2.75, 3.05) is 13.2 Å². The Kier molecular flexibility index (Phi) is 7.18. The summed E-state index contributed by atoms with van der Waals surface area (Å²) in [5, 5.41) is 9.28. The van der Waals surface area contributed by atoms with Crippen molar-refractivity contribution in [2.45, 2.75) is 19.9 Å². The van der Waals surface area contributed by atoms with E-state index in [9.17, 15) is 14.4 Å². The van der Waals surface area contributed by atoms with Gasteiger partial charge in [-0.3, -0.25) is 9.36 Å². The molecular weight excluding hydrogens is 492 g/mol. The summed E-state index contributed by atoms with van der Waals surface area (Å²) in [4.78, 5) is 42.1. The number of hydrogen-bond acceptors (Lipinski definition) is 7. The minimum Gasteiger partial charge on any atom is -0.482 e. The molecule has 0 saturated heterocycles. The summed E-state index contributed by atoms with van der Waals surface area (Å²) in [6.07, 6.45) is 1.72. The van der Waals surface area contributed by atoms with Crippen LogP contribution in [0.15, 0.2) is 69.6 Å². The highest BCUT2D eigenvalue weighted by Crippen LogP contribution is 2.31. The molecule has 8 nitrogen and oxygen atoms in total. The maximum atomic E-state index is 13.5. The highest BCUT2D eigenvalue weighted by Gasteiger charge is 2.33. The number of thiazole rings is 1. The summed E-state index contributed by atoms with van der Waals surface area (Å²) in [7, 11) is 0. The summed E-state index contributed by atoms with van der Waals surface area (Å²) in [6, 6.07) is 13.0. The molecule has 10 heteroatoms. The van der Waals surface area contributed by atoms with Crippen molar-refractivity contribution >= 4 is 41.0 Å². The number of fused-ring (bicyclic) bond motifs is 1. The minimum absolute atomic E-state index is 0.194. The van der Waals surface area contributed by atoms with Crippen LogP contribution in [0, 0.1) is 0 Å². The SMILES string of the molecule is CCOC(=O)C1=C(C)N=c2sc(=Cc3ccc(OCC(=O)O)cc3)c(=O)n2[C@H]1c1ccc(Cl)cc1. The molecular formula is C25H21ClN2O6S. The fourth-order valence-corrected chi connectivity index (χ4v) is 4.88. The van der Waals surface area contributed by atoms with Gasteiger partial charge in [-0.05, 0) is 55.3 Å². The first-order valence-electron chi connectivity index (χ1n) is 10.7. The standard InChI is InChI=1S/C25H21ClN2O6S/c1-3-33-24(32)21-14(2)27-25-28(22(21)16-6-8-17(26)9-7-16)23(31)19(35-25)12-15-4-10-18(11-5-15)34-13-20(29)30/h4-12,22H,3,13H2,1-2H3,(H,29,30)/t22-/m0/s1. The van der Waals surface area contributed by atoms with E-state index in [1.165, 1.54) is 15.9 Å². The van der Waals surface area contributed by atoms with E-state index >= 15 is 0 Å². The fraction of sp³-hybridized carbons (Fsp3) is 0.200. The molecule has 0 saturated carbocycles. The molecule has 1 aliphatic heterocycles. The lowest BCUT2D eigenvalue weighted by Crippen LogP contribution is -2.39. The summed E-state index contributed by atoms with van der Waals surface area (Å²) < 4.78 is 12.4. The molecule has 4 rings (SSSR count). The van der Waals surface area contributed by atoms with Crippen molar-refractivity contribution in [2.24, 2.45) is 4.99 Å². The lowest BCUT2D eigenvalue weighted by Gasteiger charge is -2.24. The summed E-state index contributed by atoms with van der Waals surface area (Å²) in [5.74, 6) is -1.19. The Morgan fingerprint density at radius 3 is 2.49 bits per heavy atom. The number of esters is 1. The fourth-order valence-electron chi connectivity index (χ4n) is 3.71. The first-order valence-corrected chi connectivity index (χ1v) is 11.9. The third-order valence-electron chi connectivity index (χ3n) is 5.24. The largest absolute Gasteiger partial charge is 0.482 e. The molecule has 1 atom stereocenters. The maximum absolute atomic E-state index is 13.5. The Bertz CT molecular complexity index is 1490. The van der Waals surface area contributed by atoms with Gasteiger partial charge in [-0.25, -0.2) is 14.6 Å². The van der Waals surface area contributed by atoms with Crippen LogP contribution in [-0.2, 0) is 14.3 Å². The molecule has 2 aromatic carbocycles. The van der Waals surface area contributed by atoms with E-state index in [1.807, 2.05) is 0 Å². The molecule has 35 heavy (non-hydrogen) atoms. The number of benzene rings is 2. The molecule has 0 bridgehead atoms. The van der Waals surface area contributed by atoms with Crippen LogP contribution >= 0.6 is 22.9 Å². The van der Waals surface area contributed by atoms with Gasteiger partial charge in [0.25, 0.3) is 5.56 Å².